The summed E-state index contributed by atoms with van der Waals surface area (Å²) in [6.07, 6.45) is 2.92. The van der Waals surface area contributed by atoms with Crippen molar-refractivity contribution >= 4 is 26.5 Å². The molecule has 2 aromatic rings. The maximum Gasteiger partial charge on any atom is 0.341 e. The molecule has 1 aliphatic rings. The van der Waals surface area contributed by atoms with Gasteiger partial charge >= 0.3 is 5.97 Å². The molecule has 8 nitrogen and oxygen atoms in total. The van der Waals surface area contributed by atoms with Gasteiger partial charge in [-0.2, -0.15) is 10.1 Å². The second kappa shape index (κ2) is 5.84. The van der Waals surface area contributed by atoms with Crippen molar-refractivity contribution in [2.75, 3.05) is 13.7 Å². The summed E-state index contributed by atoms with van der Waals surface area (Å²) in [6, 6.07) is 0. The lowest BCUT2D eigenvalue weighted by atomic mass is 10.2. The smallest absolute Gasteiger partial charge is 0.341 e. The number of aliphatic imine (C=N–C) groups is 1. The maximum absolute atomic E-state index is 11.7. The van der Waals surface area contributed by atoms with Crippen LogP contribution in [0.25, 0.3) is 5.95 Å². The first-order valence-electron chi connectivity index (χ1n) is 6.51. The van der Waals surface area contributed by atoms with Gasteiger partial charge in [-0.15, -0.1) is 0 Å². The van der Waals surface area contributed by atoms with Crippen LogP contribution in [0.1, 0.15) is 28.5 Å². The molecular weight excluding hydrogens is 354 g/mol. The Kier molecular flexibility index (Phi) is 3.88. The van der Waals surface area contributed by atoms with Gasteiger partial charge in [-0.3, -0.25) is 4.99 Å². The first kappa shape index (κ1) is 14.6. The molecule has 0 aromatic carbocycles. The van der Waals surface area contributed by atoms with Gasteiger partial charge < -0.3 is 9.47 Å². The van der Waals surface area contributed by atoms with E-state index in [9.17, 15) is 4.79 Å². The number of rotatable bonds is 4. The van der Waals surface area contributed by atoms with Gasteiger partial charge in [0.2, 0.25) is 5.88 Å². The van der Waals surface area contributed by atoms with Crippen molar-refractivity contribution in [2.24, 2.45) is 4.99 Å². The number of aromatic nitrogens is 4. The number of hydrogen-bond acceptors (Lipinski definition) is 7. The minimum absolute atomic E-state index is 0.292. The van der Waals surface area contributed by atoms with Crippen LogP contribution in [0, 0.1) is 0 Å². The van der Waals surface area contributed by atoms with E-state index >= 15 is 0 Å². The Morgan fingerprint density at radius 3 is 3.00 bits per heavy atom. The summed E-state index contributed by atoms with van der Waals surface area (Å²) in [7, 11) is 1.53. The zero-order valence-electron chi connectivity index (χ0n) is 11.9. The summed E-state index contributed by atoms with van der Waals surface area (Å²) in [6.45, 7) is 2.51. The Balaban J connectivity index is 2.01. The molecule has 0 amide bonds. The number of nitrogens with zero attached hydrogens (tertiary/aromatic N) is 5. The predicted octanol–water partition coefficient (Wildman–Crippen LogP) is 1.50. The number of carbonyl (C=O) groups excluding carboxylic acids is 1. The molecule has 0 aliphatic carbocycles. The summed E-state index contributed by atoms with van der Waals surface area (Å²) < 4.78 is 12.2. The van der Waals surface area contributed by atoms with Crippen molar-refractivity contribution < 1.29 is 14.3 Å². The summed E-state index contributed by atoms with van der Waals surface area (Å²) in [4.78, 5) is 24.7. The van der Waals surface area contributed by atoms with Crippen LogP contribution in [0.2, 0.25) is 0 Å². The molecule has 3 heterocycles. The highest BCUT2D eigenvalue weighted by Gasteiger charge is 2.23. The number of methoxy groups -OCH3 is 1. The van der Waals surface area contributed by atoms with E-state index in [1.54, 1.807) is 6.92 Å². The minimum atomic E-state index is -0.440. The van der Waals surface area contributed by atoms with Crippen molar-refractivity contribution in [2.45, 2.75) is 13.5 Å². The number of fused-ring (bicyclic) bond motifs is 1. The monoisotopic (exact) mass is 365 g/mol. The summed E-state index contributed by atoms with van der Waals surface area (Å²) >= 11 is 3.36. The minimum Gasteiger partial charge on any atom is -0.481 e. The second-order valence-electron chi connectivity index (χ2n) is 4.36. The zero-order chi connectivity index (χ0) is 15.7. The predicted molar refractivity (Wildman–Crippen MR) is 80.8 cm³/mol. The van der Waals surface area contributed by atoms with Crippen molar-refractivity contribution in [3.05, 3.63) is 29.2 Å². The van der Waals surface area contributed by atoms with Crippen LogP contribution in [-0.4, -0.2) is 44.1 Å². The summed E-state index contributed by atoms with van der Waals surface area (Å²) in [5.41, 5.74) is 1.81. The van der Waals surface area contributed by atoms with Crippen molar-refractivity contribution in [1.29, 1.82) is 0 Å². The van der Waals surface area contributed by atoms with Crippen LogP contribution >= 0.6 is 15.9 Å². The lowest BCUT2D eigenvalue weighted by Crippen LogP contribution is -2.09. The fourth-order valence-electron chi connectivity index (χ4n) is 2.01. The molecule has 0 fully saturated rings. The van der Waals surface area contributed by atoms with Gasteiger partial charge in [0.15, 0.2) is 0 Å². The zero-order valence-corrected chi connectivity index (χ0v) is 13.5. The molecule has 22 heavy (non-hydrogen) atoms. The fraction of sp³-hybridized carbons (Fsp3) is 0.308. The SMILES string of the molecule is CCOC(=O)c1cnn(-c2nc(OC)c3c(n2)C(Br)=NC3)c1. The number of halogens is 1. The third kappa shape index (κ3) is 2.47. The van der Waals surface area contributed by atoms with E-state index < -0.39 is 5.97 Å². The van der Waals surface area contributed by atoms with Crippen LogP contribution in [0.3, 0.4) is 0 Å². The molecule has 9 heteroatoms. The van der Waals surface area contributed by atoms with Crippen LogP contribution in [-0.2, 0) is 11.3 Å². The third-order valence-electron chi connectivity index (χ3n) is 3.02. The molecular formula is C13H12BrN5O3. The van der Waals surface area contributed by atoms with Gasteiger partial charge in [0, 0.05) is 6.20 Å². The van der Waals surface area contributed by atoms with E-state index in [1.807, 2.05) is 0 Å². The third-order valence-corrected chi connectivity index (χ3v) is 3.65. The highest BCUT2D eigenvalue weighted by molar-refractivity contribution is 9.18. The van der Waals surface area contributed by atoms with Crippen LogP contribution < -0.4 is 4.74 Å². The average molecular weight is 366 g/mol. The normalized spacial score (nSPS) is 12.8. The molecule has 0 bridgehead atoms. The first-order valence-corrected chi connectivity index (χ1v) is 7.30. The highest BCUT2D eigenvalue weighted by Crippen LogP contribution is 2.28. The Morgan fingerprint density at radius 2 is 2.27 bits per heavy atom. The maximum atomic E-state index is 11.7. The average Bonchev–Trinajstić information content (AvgIpc) is 3.14. The quantitative estimate of drug-likeness (QED) is 0.762. The molecule has 0 spiro atoms. The molecule has 0 unspecified atom stereocenters. The summed E-state index contributed by atoms with van der Waals surface area (Å²) in [5, 5.41) is 4.10. The standard InChI is InChI=1S/C13H12BrN5O3/c1-3-22-12(20)7-4-16-19(6-7)13-17-9-8(5-15-10(9)14)11(18-13)21-2/h4,6H,3,5H2,1-2H3. The Labute approximate surface area is 134 Å². The van der Waals surface area contributed by atoms with Crippen LogP contribution in [0.5, 0.6) is 5.88 Å². The molecule has 0 atom stereocenters. The van der Waals surface area contributed by atoms with E-state index in [0.717, 1.165) is 5.56 Å². The lowest BCUT2D eigenvalue weighted by molar-refractivity contribution is 0.0526. The van der Waals surface area contributed by atoms with Gasteiger partial charge in [-0.05, 0) is 22.9 Å². The molecule has 3 rings (SSSR count). The molecule has 114 valence electrons. The van der Waals surface area contributed by atoms with E-state index in [-0.39, 0.29) is 0 Å². The fourth-order valence-corrected chi connectivity index (χ4v) is 2.47. The van der Waals surface area contributed by atoms with E-state index in [4.69, 9.17) is 9.47 Å². The van der Waals surface area contributed by atoms with E-state index in [2.05, 4.69) is 36.0 Å². The van der Waals surface area contributed by atoms with Crippen molar-refractivity contribution in [3.63, 3.8) is 0 Å². The molecule has 0 saturated heterocycles. The largest absolute Gasteiger partial charge is 0.481 e. The van der Waals surface area contributed by atoms with E-state index in [1.165, 1.54) is 24.2 Å². The van der Waals surface area contributed by atoms with Gasteiger partial charge in [0.25, 0.3) is 5.95 Å². The molecule has 0 saturated carbocycles. The highest BCUT2D eigenvalue weighted by atomic mass is 79.9. The molecule has 1 aliphatic heterocycles. The Morgan fingerprint density at radius 1 is 1.45 bits per heavy atom. The molecule has 0 radical (unpaired) electrons. The van der Waals surface area contributed by atoms with Crippen LogP contribution in [0.15, 0.2) is 17.4 Å². The number of ether oxygens (including phenoxy) is 2. The van der Waals surface area contributed by atoms with Gasteiger partial charge in [-0.1, -0.05) is 0 Å². The Hall–Kier alpha value is -2.29. The Bertz CT molecular complexity index is 771. The van der Waals surface area contributed by atoms with Crippen molar-refractivity contribution in [3.8, 4) is 11.8 Å². The van der Waals surface area contributed by atoms with Gasteiger partial charge in [0.05, 0.1) is 37.6 Å². The number of esters is 1. The molecule has 0 N–H and O–H groups in total. The van der Waals surface area contributed by atoms with Crippen LogP contribution in [0.4, 0.5) is 0 Å². The lowest BCUT2D eigenvalue weighted by Gasteiger charge is -2.07. The second-order valence-corrected chi connectivity index (χ2v) is 5.11. The number of carbonyl (C=O) groups is 1. The van der Waals surface area contributed by atoms with E-state index in [0.29, 0.717) is 40.9 Å². The first-order chi connectivity index (χ1) is 10.6. The summed E-state index contributed by atoms with van der Waals surface area (Å²) in [5.74, 6) is 0.288. The van der Waals surface area contributed by atoms with Gasteiger partial charge in [-0.25, -0.2) is 14.5 Å². The topological polar surface area (TPSA) is 91.5 Å². The van der Waals surface area contributed by atoms with Crippen molar-refractivity contribution in [1.82, 2.24) is 19.7 Å². The molecule has 2 aromatic heterocycles. The number of hydrogen-bond donors (Lipinski definition) is 0. The van der Waals surface area contributed by atoms with Gasteiger partial charge in [0.1, 0.15) is 10.3 Å².